The van der Waals surface area contributed by atoms with E-state index in [-0.39, 0.29) is 0 Å². The molecule has 0 bridgehead atoms. The molecule has 0 aliphatic carbocycles. The van der Waals surface area contributed by atoms with Gasteiger partial charge in [-0.05, 0) is 29.8 Å². The molecular weight excluding hydrogens is 286 g/mol. The number of H-pyrrole nitrogens is 1. The Balaban J connectivity index is 1.59. The van der Waals surface area contributed by atoms with E-state index in [1.165, 1.54) is 0 Å². The maximum absolute atomic E-state index is 5.74. The third-order valence-corrected chi connectivity index (χ3v) is 3.70. The highest BCUT2D eigenvalue weighted by molar-refractivity contribution is 5.80. The molecule has 3 aromatic carbocycles. The number of nitrogens with one attached hydrogen (secondary N) is 2. The van der Waals surface area contributed by atoms with E-state index in [4.69, 9.17) is 4.84 Å². The van der Waals surface area contributed by atoms with Crippen LogP contribution < -0.4 is 10.3 Å². The fourth-order valence-electron chi connectivity index (χ4n) is 2.54. The Morgan fingerprint density at radius 2 is 1.70 bits per heavy atom. The van der Waals surface area contributed by atoms with Crippen LogP contribution in [0.2, 0.25) is 0 Å². The number of benzene rings is 3. The second-order valence-electron chi connectivity index (χ2n) is 5.23. The number of rotatable bonds is 4. The number of fused-ring (bicyclic) bond motifs is 1. The van der Waals surface area contributed by atoms with E-state index < -0.39 is 0 Å². The quantitative estimate of drug-likeness (QED) is 0.540. The minimum absolute atomic E-state index is 0.738. The van der Waals surface area contributed by atoms with Crippen molar-refractivity contribution in [1.29, 1.82) is 0 Å². The zero-order valence-corrected chi connectivity index (χ0v) is 12.4. The van der Waals surface area contributed by atoms with E-state index in [1.54, 1.807) is 6.20 Å². The predicted octanol–water partition coefficient (Wildman–Crippen LogP) is 4.64. The molecular formula is C19H15N3O. The van der Waals surface area contributed by atoms with Crippen molar-refractivity contribution in [1.82, 2.24) is 10.2 Å². The van der Waals surface area contributed by atoms with Gasteiger partial charge in [0.15, 0.2) is 5.75 Å². The van der Waals surface area contributed by atoms with Crippen molar-refractivity contribution in [2.75, 3.05) is 5.48 Å². The fraction of sp³-hybridized carbons (Fsp3) is 0. The minimum Gasteiger partial charge on any atom is -0.382 e. The molecule has 4 heteroatoms. The number of aromatic amines is 1. The molecule has 0 atom stereocenters. The standard InChI is InChI=1S/C19H15N3O/c1-2-6-14(7-3-1)17-8-4-5-9-19(17)22-23-16-10-11-18-15(12-16)13-20-21-18/h1-13,22H,(H,20,21). The summed E-state index contributed by atoms with van der Waals surface area (Å²) in [6.45, 7) is 0. The molecule has 0 amide bonds. The van der Waals surface area contributed by atoms with E-state index in [0.717, 1.165) is 33.5 Å². The van der Waals surface area contributed by atoms with Gasteiger partial charge in [-0.25, -0.2) is 5.48 Å². The smallest absolute Gasteiger partial charge is 0.155 e. The van der Waals surface area contributed by atoms with Crippen LogP contribution in [0.3, 0.4) is 0 Å². The van der Waals surface area contributed by atoms with Crippen molar-refractivity contribution in [3.8, 4) is 16.9 Å². The molecule has 1 aromatic heterocycles. The Morgan fingerprint density at radius 1 is 0.870 bits per heavy atom. The van der Waals surface area contributed by atoms with Gasteiger partial charge >= 0.3 is 0 Å². The molecule has 2 N–H and O–H groups in total. The largest absolute Gasteiger partial charge is 0.382 e. The summed E-state index contributed by atoms with van der Waals surface area (Å²) >= 11 is 0. The molecule has 4 nitrogen and oxygen atoms in total. The average molecular weight is 301 g/mol. The summed E-state index contributed by atoms with van der Waals surface area (Å²) in [4.78, 5) is 5.74. The molecule has 0 fully saturated rings. The summed E-state index contributed by atoms with van der Waals surface area (Å²) in [5, 5.41) is 7.95. The van der Waals surface area contributed by atoms with Crippen LogP contribution in [0.4, 0.5) is 5.69 Å². The molecule has 4 rings (SSSR count). The highest BCUT2D eigenvalue weighted by Gasteiger charge is 2.05. The van der Waals surface area contributed by atoms with Crippen LogP contribution in [0.25, 0.3) is 22.0 Å². The highest BCUT2D eigenvalue weighted by atomic mass is 16.6. The summed E-state index contributed by atoms with van der Waals surface area (Å²) in [5.74, 6) is 0.738. The van der Waals surface area contributed by atoms with Crippen molar-refractivity contribution >= 4 is 16.6 Å². The Hall–Kier alpha value is -3.27. The molecule has 1 heterocycles. The van der Waals surface area contributed by atoms with Crippen LogP contribution >= 0.6 is 0 Å². The summed E-state index contributed by atoms with van der Waals surface area (Å²) in [6.07, 6.45) is 1.78. The highest BCUT2D eigenvalue weighted by Crippen LogP contribution is 2.28. The van der Waals surface area contributed by atoms with Gasteiger partial charge in [0.25, 0.3) is 0 Å². The number of anilines is 1. The summed E-state index contributed by atoms with van der Waals surface area (Å²) in [6, 6.07) is 24.1. The topological polar surface area (TPSA) is 49.9 Å². The zero-order chi connectivity index (χ0) is 15.5. The normalized spacial score (nSPS) is 10.6. The maximum Gasteiger partial charge on any atom is 0.155 e. The second kappa shape index (κ2) is 5.85. The van der Waals surface area contributed by atoms with Gasteiger partial charge in [0.05, 0.1) is 17.4 Å². The van der Waals surface area contributed by atoms with E-state index in [2.05, 4.69) is 33.9 Å². The van der Waals surface area contributed by atoms with Gasteiger partial charge in [-0.3, -0.25) is 5.10 Å². The molecule has 0 aliphatic heterocycles. The Bertz CT molecular complexity index is 931. The lowest BCUT2D eigenvalue weighted by Crippen LogP contribution is -2.05. The first-order chi connectivity index (χ1) is 11.4. The van der Waals surface area contributed by atoms with Crippen molar-refractivity contribution in [2.45, 2.75) is 0 Å². The number of nitrogens with zero attached hydrogens (tertiary/aromatic N) is 1. The molecule has 23 heavy (non-hydrogen) atoms. The number of hydrogen-bond donors (Lipinski definition) is 2. The molecule has 112 valence electrons. The first-order valence-electron chi connectivity index (χ1n) is 7.40. The molecule has 0 saturated carbocycles. The van der Waals surface area contributed by atoms with Gasteiger partial charge in [-0.1, -0.05) is 48.5 Å². The van der Waals surface area contributed by atoms with Gasteiger partial charge in [0, 0.05) is 10.9 Å². The molecule has 4 aromatic rings. The summed E-state index contributed by atoms with van der Waals surface area (Å²) < 4.78 is 0. The summed E-state index contributed by atoms with van der Waals surface area (Å²) in [7, 11) is 0. The van der Waals surface area contributed by atoms with Gasteiger partial charge in [-0.15, -0.1) is 0 Å². The number of aromatic nitrogens is 2. The maximum atomic E-state index is 5.74. The first kappa shape index (κ1) is 13.4. The van der Waals surface area contributed by atoms with Gasteiger partial charge in [0.1, 0.15) is 0 Å². The van der Waals surface area contributed by atoms with Crippen LogP contribution in [-0.2, 0) is 0 Å². The number of hydrogen-bond acceptors (Lipinski definition) is 3. The van der Waals surface area contributed by atoms with Crippen molar-refractivity contribution in [3.63, 3.8) is 0 Å². The lowest BCUT2D eigenvalue weighted by atomic mass is 10.0. The van der Waals surface area contributed by atoms with E-state index in [1.807, 2.05) is 54.6 Å². The van der Waals surface area contributed by atoms with Gasteiger partial charge in [-0.2, -0.15) is 5.10 Å². The fourth-order valence-corrected chi connectivity index (χ4v) is 2.54. The molecule has 0 spiro atoms. The van der Waals surface area contributed by atoms with Crippen LogP contribution in [-0.4, -0.2) is 10.2 Å². The molecule has 0 saturated heterocycles. The third kappa shape index (κ3) is 2.74. The molecule has 0 aliphatic rings. The van der Waals surface area contributed by atoms with Gasteiger partial charge < -0.3 is 4.84 Å². The Morgan fingerprint density at radius 3 is 2.61 bits per heavy atom. The van der Waals surface area contributed by atoms with Crippen LogP contribution in [0.5, 0.6) is 5.75 Å². The molecule has 0 radical (unpaired) electrons. The zero-order valence-electron chi connectivity index (χ0n) is 12.4. The van der Waals surface area contributed by atoms with Gasteiger partial charge in [0.2, 0.25) is 0 Å². The van der Waals surface area contributed by atoms with Crippen molar-refractivity contribution in [2.24, 2.45) is 0 Å². The SMILES string of the molecule is c1ccc(-c2ccccc2NOc2ccc3[nH]ncc3c2)cc1. The first-order valence-corrected chi connectivity index (χ1v) is 7.40. The van der Waals surface area contributed by atoms with Crippen LogP contribution in [0.1, 0.15) is 0 Å². The van der Waals surface area contributed by atoms with E-state index in [9.17, 15) is 0 Å². The van der Waals surface area contributed by atoms with E-state index in [0.29, 0.717) is 0 Å². The average Bonchev–Trinajstić information content (AvgIpc) is 3.09. The van der Waals surface area contributed by atoms with Crippen LogP contribution in [0.15, 0.2) is 79.0 Å². The predicted molar refractivity (Wildman–Crippen MR) is 92.2 cm³/mol. The monoisotopic (exact) mass is 301 g/mol. The minimum atomic E-state index is 0.738. The summed E-state index contributed by atoms with van der Waals surface area (Å²) in [5.41, 5.74) is 7.20. The Labute approximate surface area is 133 Å². The Kier molecular flexibility index (Phi) is 3.41. The van der Waals surface area contributed by atoms with Crippen molar-refractivity contribution in [3.05, 3.63) is 79.0 Å². The van der Waals surface area contributed by atoms with Crippen molar-refractivity contribution < 1.29 is 4.84 Å². The van der Waals surface area contributed by atoms with Crippen LogP contribution in [0, 0.1) is 0 Å². The molecule has 0 unspecified atom stereocenters. The van der Waals surface area contributed by atoms with E-state index >= 15 is 0 Å². The lowest BCUT2D eigenvalue weighted by molar-refractivity contribution is 0.406. The second-order valence-corrected chi connectivity index (χ2v) is 5.23. The third-order valence-electron chi connectivity index (χ3n) is 3.70. The lowest BCUT2D eigenvalue weighted by Gasteiger charge is -2.13. The number of para-hydroxylation sites is 1.